The fraction of sp³-hybridized carbons (Fsp3) is 0.400. The second-order valence-corrected chi connectivity index (χ2v) is 5.40. The van der Waals surface area contributed by atoms with E-state index in [2.05, 4.69) is 15.6 Å². The highest BCUT2D eigenvalue weighted by molar-refractivity contribution is 5.92. The fourth-order valence-corrected chi connectivity index (χ4v) is 2.61. The number of aliphatic hydroxyl groups excluding tert-OH is 1. The van der Waals surface area contributed by atoms with Crippen LogP contribution >= 0.6 is 0 Å². The molecule has 110 valence electrons. The predicted octanol–water partition coefficient (Wildman–Crippen LogP) is 1.16. The lowest BCUT2D eigenvalue weighted by molar-refractivity contribution is 0.0869. The largest absolute Gasteiger partial charge is 0.396 e. The smallest absolute Gasteiger partial charge is 0.273 e. The SMILES string of the molecule is O=C(NC1CC(CCO)C1)c1cn(-c2ccccc2)nn1. The van der Waals surface area contributed by atoms with Gasteiger partial charge >= 0.3 is 0 Å². The Labute approximate surface area is 122 Å². The molecule has 2 aromatic rings. The van der Waals surface area contributed by atoms with E-state index in [4.69, 9.17) is 5.11 Å². The van der Waals surface area contributed by atoms with Gasteiger partial charge in [0.05, 0.1) is 11.9 Å². The van der Waals surface area contributed by atoms with Gasteiger partial charge in [0.1, 0.15) is 0 Å². The first-order chi connectivity index (χ1) is 10.3. The van der Waals surface area contributed by atoms with Crippen molar-refractivity contribution < 1.29 is 9.90 Å². The van der Waals surface area contributed by atoms with Crippen LogP contribution < -0.4 is 5.32 Å². The highest BCUT2D eigenvalue weighted by Gasteiger charge is 2.30. The molecule has 0 aliphatic heterocycles. The Kier molecular flexibility index (Phi) is 3.96. The third-order valence-electron chi connectivity index (χ3n) is 3.86. The van der Waals surface area contributed by atoms with Crippen LogP contribution in [0.1, 0.15) is 29.8 Å². The van der Waals surface area contributed by atoms with Crippen LogP contribution in [0.25, 0.3) is 5.69 Å². The first-order valence-electron chi connectivity index (χ1n) is 7.16. The number of aromatic nitrogens is 3. The molecule has 1 amide bonds. The van der Waals surface area contributed by atoms with Crippen LogP contribution in [0, 0.1) is 5.92 Å². The molecule has 1 saturated carbocycles. The van der Waals surface area contributed by atoms with Gasteiger partial charge in [0.2, 0.25) is 0 Å². The van der Waals surface area contributed by atoms with Gasteiger partial charge in [-0.15, -0.1) is 5.10 Å². The minimum atomic E-state index is -0.190. The summed E-state index contributed by atoms with van der Waals surface area (Å²) in [6, 6.07) is 9.74. The Morgan fingerprint density at radius 1 is 1.33 bits per heavy atom. The molecule has 3 rings (SSSR count). The molecule has 2 N–H and O–H groups in total. The number of hydrogen-bond donors (Lipinski definition) is 2. The summed E-state index contributed by atoms with van der Waals surface area (Å²) in [5.74, 6) is 0.338. The van der Waals surface area contributed by atoms with Gasteiger partial charge in [-0.2, -0.15) is 0 Å². The Hall–Kier alpha value is -2.21. The zero-order valence-corrected chi connectivity index (χ0v) is 11.6. The minimum absolute atomic E-state index is 0.190. The van der Waals surface area contributed by atoms with Crippen molar-refractivity contribution in [3.63, 3.8) is 0 Å². The molecule has 0 atom stereocenters. The predicted molar refractivity (Wildman–Crippen MR) is 77.0 cm³/mol. The van der Waals surface area contributed by atoms with Crippen LogP contribution in [-0.4, -0.2) is 38.7 Å². The van der Waals surface area contributed by atoms with Crippen molar-refractivity contribution in [2.75, 3.05) is 6.61 Å². The van der Waals surface area contributed by atoms with Gasteiger partial charge in [-0.05, 0) is 37.3 Å². The number of benzene rings is 1. The summed E-state index contributed by atoms with van der Waals surface area (Å²) in [6.07, 6.45) is 4.31. The number of para-hydroxylation sites is 1. The van der Waals surface area contributed by atoms with Gasteiger partial charge in [-0.3, -0.25) is 4.79 Å². The normalized spacial score (nSPS) is 20.8. The summed E-state index contributed by atoms with van der Waals surface area (Å²) in [5.41, 5.74) is 1.19. The van der Waals surface area contributed by atoms with Gasteiger partial charge in [-0.1, -0.05) is 23.4 Å². The summed E-state index contributed by atoms with van der Waals surface area (Å²) >= 11 is 0. The number of hydrogen-bond acceptors (Lipinski definition) is 4. The van der Waals surface area contributed by atoms with E-state index < -0.39 is 0 Å². The number of aliphatic hydroxyl groups is 1. The lowest BCUT2D eigenvalue weighted by atomic mass is 9.78. The maximum atomic E-state index is 12.1. The number of carbonyl (C=O) groups excluding carboxylic acids is 1. The molecule has 0 radical (unpaired) electrons. The lowest BCUT2D eigenvalue weighted by Crippen LogP contribution is -2.44. The van der Waals surface area contributed by atoms with E-state index in [0.717, 1.165) is 24.9 Å². The Bertz CT molecular complexity index is 605. The van der Waals surface area contributed by atoms with Crippen molar-refractivity contribution in [3.05, 3.63) is 42.2 Å². The Morgan fingerprint density at radius 2 is 2.10 bits per heavy atom. The molecule has 1 fully saturated rings. The second-order valence-electron chi connectivity index (χ2n) is 5.40. The molecule has 1 heterocycles. The number of rotatable bonds is 5. The summed E-state index contributed by atoms with van der Waals surface area (Å²) in [6.45, 7) is 0.219. The van der Waals surface area contributed by atoms with Crippen molar-refractivity contribution in [2.45, 2.75) is 25.3 Å². The molecule has 0 spiro atoms. The molecule has 1 aliphatic rings. The zero-order valence-electron chi connectivity index (χ0n) is 11.6. The maximum Gasteiger partial charge on any atom is 0.273 e. The molecule has 0 unspecified atom stereocenters. The van der Waals surface area contributed by atoms with E-state index in [1.54, 1.807) is 10.9 Å². The van der Waals surface area contributed by atoms with Crippen LogP contribution in [0.2, 0.25) is 0 Å². The second kappa shape index (κ2) is 6.05. The van der Waals surface area contributed by atoms with Crippen LogP contribution in [0.5, 0.6) is 0 Å². The first-order valence-corrected chi connectivity index (χ1v) is 7.16. The zero-order chi connectivity index (χ0) is 14.7. The lowest BCUT2D eigenvalue weighted by Gasteiger charge is -2.35. The summed E-state index contributed by atoms with van der Waals surface area (Å²) in [7, 11) is 0. The third kappa shape index (κ3) is 3.11. The summed E-state index contributed by atoms with van der Waals surface area (Å²) in [4.78, 5) is 12.1. The van der Waals surface area contributed by atoms with Crippen molar-refractivity contribution in [3.8, 4) is 5.69 Å². The molecular formula is C15H18N4O2. The van der Waals surface area contributed by atoms with Crippen LogP contribution in [0.3, 0.4) is 0 Å². The first kappa shape index (κ1) is 13.8. The van der Waals surface area contributed by atoms with Gasteiger partial charge in [-0.25, -0.2) is 4.68 Å². The minimum Gasteiger partial charge on any atom is -0.396 e. The molecule has 1 aliphatic carbocycles. The molecular weight excluding hydrogens is 268 g/mol. The number of carbonyl (C=O) groups is 1. The summed E-state index contributed by atoms with van der Waals surface area (Å²) < 4.78 is 1.59. The van der Waals surface area contributed by atoms with Crippen LogP contribution in [0.4, 0.5) is 0 Å². The molecule has 21 heavy (non-hydrogen) atoms. The number of nitrogens with zero attached hydrogens (tertiary/aromatic N) is 3. The van der Waals surface area contributed by atoms with Gasteiger partial charge in [0.15, 0.2) is 5.69 Å². The van der Waals surface area contributed by atoms with Gasteiger partial charge in [0, 0.05) is 12.6 Å². The van der Waals surface area contributed by atoms with Crippen molar-refractivity contribution in [1.29, 1.82) is 0 Å². The molecule has 1 aromatic heterocycles. The maximum absolute atomic E-state index is 12.1. The topological polar surface area (TPSA) is 80.0 Å². The number of nitrogens with one attached hydrogen (secondary N) is 1. The van der Waals surface area contributed by atoms with Crippen molar-refractivity contribution in [1.82, 2.24) is 20.3 Å². The molecule has 0 saturated heterocycles. The van der Waals surface area contributed by atoms with Crippen LogP contribution in [0.15, 0.2) is 36.5 Å². The molecule has 6 nitrogen and oxygen atoms in total. The Balaban J connectivity index is 1.58. The van der Waals surface area contributed by atoms with E-state index in [1.807, 2.05) is 30.3 Å². The van der Waals surface area contributed by atoms with E-state index in [1.165, 1.54) is 0 Å². The average molecular weight is 286 g/mol. The van der Waals surface area contributed by atoms with Gasteiger partial charge in [0.25, 0.3) is 5.91 Å². The standard InChI is InChI=1S/C15H18N4O2/c20-7-6-11-8-12(9-11)16-15(21)14-10-19(18-17-14)13-4-2-1-3-5-13/h1-5,10-12,20H,6-9H2,(H,16,21). The Morgan fingerprint density at radius 3 is 2.81 bits per heavy atom. The average Bonchev–Trinajstić information content (AvgIpc) is 2.96. The van der Waals surface area contributed by atoms with E-state index >= 15 is 0 Å². The fourth-order valence-electron chi connectivity index (χ4n) is 2.61. The monoisotopic (exact) mass is 286 g/mol. The highest BCUT2D eigenvalue weighted by atomic mass is 16.3. The van der Waals surface area contributed by atoms with Crippen molar-refractivity contribution in [2.24, 2.45) is 5.92 Å². The number of amides is 1. The van der Waals surface area contributed by atoms with E-state index in [9.17, 15) is 4.79 Å². The van der Waals surface area contributed by atoms with Gasteiger partial charge < -0.3 is 10.4 Å². The highest BCUT2D eigenvalue weighted by Crippen LogP contribution is 2.30. The van der Waals surface area contributed by atoms with Crippen molar-refractivity contribution >= 4 is 5.91 Å². The van der Waals surface area contributed by atoms with E-state index in [0.29, 0.717) is 11.6 Å². The quantitative estimate of drug-likeness (QED) is 0.864. The molecule has 1 aromatic carbocycles. The molecule has 0 bridgehead atoms. The third-order valence-corrected chi connectivity index (χ3v) is 3.86. The molecule has 6 heteroatoms. The van der Waals surface area contributed by atoms with E-state index in [-0.39, 0.29) is 18.6 Å². The van der Waals surface area contributed by atoms with Crippen LogP contribution in [-0.2, 0) is 0 Å². The summed E-state index contributed by atoms with van der Waals surface area (Å²) in [5, 5.41) is 19.7.